The van der Waals surface area contributed by atoms with Crippen LogP contribution in [0.2, 0.25) is 0 Å². The van der Waals surface area contributed by atoms with Crippen LogP contribution in [0, 0.1) is 6.92 Å². The molecule has 0 aromatic heterocycles. The third kappa shape index (κ3) is 6.29. The number of hydrogen-bond donors (Lipinski definition) is 1. The lowest BCUT2D eigenvalue weighted by Crippen LogP contribution is -2.15. The highest BCUT2D eigenvalue weighted by Crippen LogP contribution is 2.26. The van der Waals surface area contributed by atoms with E-state index in [0.29, 0.717) is 24.7 Å². The monoisotopic (exact) mass is 293 g/mol. The first-order chi connectivity index (χ1) is 10.1. The Morgan fingerprint density at radius 1 is 1.19 bits per heavy atom. The molecule has 0 radical (unpaired) electrons. The van der Waals surface area contributed by atoms with E-state index in [1.807, 2.05) is 32.0 Å². The normalized spacial score (nSPS) is 10.0. The molecule has 0 bridgehead atoms. The summed E-state index contributed by atoms with van der Waals surface area (Å²) < 4.78 is 10.4. The summed E-state index contributed by atoms with van der Waals surface area (Å²) in [6.45, 7) is 6.64. The molecule has 5 heteroatoms. The second-order valence-electron chi connectivity index (χ2n) is 4.70. The Morgan fingerprint density at radius 3 is 2.62 bits per heavy atom. The van der Waals surface area contributed by atoms with E-state index in [1.54, 1.807) is 6.92 Å². The smallest absolute Gasteiger partial charge is 0.306 e. The number of amides is 1. The molecule has 0 heterocycles. The van der Waals surface area contributed by atoms with E-state index >= 15 is 0 Å². The summed E-state index contributed by atoms with van der Waals surface area (Å²) in [5, 5.41) is 2.77. The predicted molar refractivity (Wildman–Crippen MR) is 81.5 cm³/mol. The average molecular weight is 293 g/mol. The van der Waals surface area contributed by atoms with E-state index in [4.69, 9.17) is 9.47 Å². The van der Waals surface area contributed by atoms with Crippen molar-refractivity contribution in [3.8, 4) is 5.75 Å². The van der Waals surface area contributed by atoms with Gasteiger partial charge in [-0.25, -0.2) is 0 Å². The standard InChI is InChI=1S/C16H23NO4/c1-4-10-21-14-11-12(3)6-7-13(14)17-15(18)8-9-16(19)20-5-2/h6-7,11H,4-5,8-10H2,1-3H3,(H,17,18). The van der Waals surface area contributed by atoms with Gasteiger partial charge in [-0.1, -0.05) is 13.0 Å². The van der Waals surface area contributed by atoms with Gasteiger partial charge in [-0.2, -0.15) is 0 Å². The first-order valence-electron chi connectivity index (χ1n) is 7.25. The second kappa shape index (κ2) is 9.00. The molecule has 1 aromatic carbocycles. The summed E-state index contributed by atoms with van der Waals surface area (Å²) in [5.74, 6) is 0.0635. The molecule has 0 saturated heterocycles. The Kier molecular flexibility index (Phi) is 7.29. The average Bonchev–Trinajstić information content (AvgIpc) is 2.45. The number of anilines is 1. The summed E-state index contributed by atoms with van der Waals surface area (Å²) >= 11 is 0. The van der Waals surface area contributed by atoms with E-state index in [9.17, 15) is 9.59 Å². The number of benzene rings is 1. The number of aryl methyl sites for hydroxylation is 1. The SMILES string of the molecule is CCCOc1cc(C)ccc1NC(=O)CCC(=O)OCC. The van der Waals surface area contributed by atoms with Gasteiger partial charge in [0.2, 0.25) is 5.91 Å². The lowest BCUT2D eigenvalue weighted by atomic mass is 10.2. The first-order valence-corrected chi connectivity index (χ1v) is 7.25. The van der Waals surface area contributed by atoms with Crippen molar-refractivity contribution in [3.63, 3.8) is 0 Å². The van der Waals surface area contributed by atoms with Gasteiger partial charge in [0.05, 0.1) is 25.3 Å². The van der Waals surface area contributed by atoms with Crippen LogP contribution in [-0.2, 0) is 14.3 Å². The maximum Gasteiger partial charge on any atom is 0.306 e. The van der Waals surface area contributed by atoms with Gasteiger partial charge in [-0.05, 0) is 38.0 Å². The molecule has 1 rings (SSSR count). The Bertz CT molecular complexity index is 485. The maximum atomic E-state index is 11.9. The van der Waals surface area contributed by atoms with Gasteiger partial charge in [-0.3, -0.25) is 9.59 Å². The zero-order chi connectivity index (χ0) is 15.7. The van der Waals surface area contributed by atoms with Gasteiger partial charge in [0, 0.05) is 6.42 Å². The zero-order valence-electron chi connectivity index (χ0n) is 12.9. The molecule has 1 aromatic rings. The summed E-state index contributed by atoms with van der Waals surface area (Å²) in [7, 11) is 0. The third-order valence-electron chi connectivity index (χ3n) is 2.73. The summed E-state index contributed by atoms with van der Waals surface area (Å²) in [4.78, 5) is 23.1. The van der Waals surface area contributed by atoms with Crippen LogP contribution in [-0.4, -0.2) is 25.1 Å². The number of carbonyl (C=O) groups excluding carboxylic acids is 2. The molecule has 0 atom stereocenters. The molecule has 0 saturated carbocycles. The summed E-state index contributed by atoms with van der Waals surface area (Å²) in [6.07, 6.45) is 1.07. The van der Waals surface area contributed by atoms with Gasteiger partial charge in [0.1, 0.15) is 5.75 Å². The molecule has 21 heavy (non-hydrogen) atoms. The number of carbonyl (C=O) groups is 2. The van der Waals surface area contributed by atoms with Crippen molar-refractivity contribution in [2.45, 2.75) is 40.0 Å². The van der Waals surface area contributed by atoms with Crippen LogP contribution < -0.4 is 10.1 Å². The van der Waals surface area contributed by atoms with E-state index in [-0.39, 0.29) is 24.7 Å². The minimum absolute atomic E-state index is 0.0800. The van der Waals surface area contributed by atoms with Crippen LogP contribution in [0.1, 0.15) is 38.7 Å². The highest BCUT2D eigenvalue weighted by molar-refractivity contribution is 5.93. The largest absolute Gasteiger partial charge is 0.491 e. The lowest BCUT2D eigenvalue weighted by molar-refractivity contribution is -0.144. The molecule has 1 amide bonds. The number of hydrogen-bond acceptors (Lipinski definition) is 4. The quantitative estimate of drug-likeness (QED) is 0.748. The highest BCUT2D eigenvalue weighted by Gasteiger charge is 2.11. The molecule has 116 valence electrons. The van der Waals surface area contributed by atoms with Crippen molar-refractivity contribution in [2.75, 3.05) is 18.5 Å². The molecule has 5 nitrogen and oxygen atoms in total. The van der Waals surface area contributed by atoms with Crippen molar-refractivity contribution >= 4 is 17.6 Å². The molecule has 0 spiro atoms. The van der Waals surface area contributed by atoms with Crippen LogP contribution in [0.15, 0.2) is 18.2 Å². The lowest BCUT2D eigenvalue weighted by Gasteiger charge is -2.13. The summed E-state index contributed by atoms with van der Waals surface area (Å²) in [5.41, 5.74) is 1.69. The number of esters is 1. The van der Waals surface area contributed by atoms with Crippen LogP contribution in [0.5, 0.6) is 5.75 Å². The van der Waals surface area contributed by atoms with Crippen LogP contribution in [0.4, 0.5) is 5.69 Å². The number of nitrogens with one attached hydrogen (secondary N) is 1. The number of ether oxygens (including phenoxy) is 2. The second-order valence-corrected chi connectivity index (χ2v) is 4.70. The van der Waals surface area contributed by atoms with Crippen molar-refractivity contribution in [1.29, 1.82) is 0 Å². The molecule has 0 aliphatic heterocycles. The van der Waals surface area contributed by atoms with Crippen LogP contribution in [0.3, 0.4) is 0 Å². The number of rotatable bonds is 8. The Morgan fingerprint density at radius 2 is 1.95 bits per heavy atom. The first kappa shape index (κ1) is 17.0. The fourth-order valence-electron chi connectivity index (χ4n) is 1.73. The fraction of sp³-hybridized carbons (Fsp3) is 0.500. The fourth-order valence-corrected chi connectivity index (χ4v) is 1.73. The van der Waals surface area contributed by atoms with Crippen LogP contribution >= 0.6 is 0 Å². The third-order valence-corrected chi connectivity index (χ3v) is 2.73. The van der Waals surface area contributed by atoms with E-state index < -0.39 is 0 Å². The minimum Gasteiger partial charge on any atom is -0.491 e. The van der Waals surface area contributed by atoms with E-state index in [1.165, 1.54) is 0 Å². The zero-order valence-corrected chi connectivity index (χ0v) is 12.9. The Balaban J connectivity index is 2.60. The molecular formula is C16H23NO4. The van der Waals surface area contributed by atoms with Gasteiger partial charge >= 0.3 is 5.97 Å². The van der Waals surface area contributed by atoms with E-state index in [2.05, 4.69) is 5.32 Å². The predicted octanol–water partition coefficient (Wildman–Crippen LogP) is 3.07. The molecule has 1 N–H and O–H groups in total. The van der Waals surface area contributed by atoms with Gasteiger partial charge in [-0.15, -0.1) is 0 Å². The van der Waals surface area contributed by atoms with Crippen LogP contribution in [0.25, 0.3) is 0 Å². The minimum atomic E-state index is -0.362. The van der Waals surface area contributed by atoms with Crippen molar-refractivity contribution in [3.05, 3.63) is 23.8 Å². The van der Waals surface area contributed by atoms with Crippen molar-refractivity contribution in [2.24, 2.45) is 0 Å². The topological polar surface area (TPSA) is 64.6 Å². The molecular weight excluding hydrogens is 270 g/mol. The van der Waals surface area contributed by atoms with E-state index in [0.717, 1.165) is 12.0 Å². The highest BCUT2D eigenvalue weighted by atomic mass is 16.5. The van der Waals surface area contributed by atoms with Gasteiger partial charge in [0.25, 0.3) is 0 Å². The summed E-state index contributed by atoms with van der Waals surface area (Å²) in [6, 6.07) is 5.60. The molecule has 0 unspecified atom stereocenters. The Labute approximate surface area is 125 Å². The van der Waals surface area contributed by atoms with Gasteiger partial charge in [0.15, 0.2) is 0 Å². The Hall–Kier alpha value is -2.04. The van der Waals surface area contributed by atoms with Crippen molar-refractivity contribution in [1.82, 2.24) is 0 Å². The van der Waals surface area contributed by atoms with Crippen molar-refractivity contribution < 1.29 is 19.1 Å². The molecule has 0 fully saturated rings. The molecule has 0 aliphatic carbocycles. The molecule has 0 aliphatic rings. The maximum absolute atomic E-state index is 11.9. The van der Waals surface area contributed by atoms with Gasteiger partial charge < -0.3 is 14.8 Å².